The van der Waals surface area contributed by atoms with Crippen molar-refractivity contribution in [2.75, 3.05) is 0 Å². The Bertz CT molecular complexity index is 260. The Morgan fingerprint density at radius 1 is 1.33 bits per heavy atom. The number of hydrogen-bond acceptors (Lipinski definition) is 0. The standard InChI is InChI=1S/C14H23Cl/c1-7-13(9-8-12(3)15)11(2)10-14(4,5)6/h7-9,11H,1,10H2,2-6H3/b12-8+,13-9+. The molecule has 0 amide bonds. The second kappa shape index (κ2) is 6.17. The molecule has 0 aromatic heterocycles. The van der Waals surface area contributed by atoms with E-state index in [-0.39, 0.29) is 0 Å². The Balaban J connectivity index is 4.62. The summed E-state index contributed by atoms with van der Waals surface area (Å²) in [5.74, 6) is 0.523. The van der Waals surface area contributed by atoms with Crippen molar-refractivity contribution < 1.29 is 0 Å². The zero-order chi connectivity index (χ0) is 12.1. The fraction of sp³-hybridized carbons (Fsp3) is 0.571. The van der Waals surface area contributed by atoms with Gasteiger partial charge in [-0.05, 0) is 36.3 Å². The predicted octanol–water partition coefficient (Wildman–Crippen LogP) is 5.31. The van der Waals surface area contributed by atoms with Crippen molar-refractivity contribution >= 4 is 11.6 Å². The fourth-order valence-corrected chi connectivity index (χ4v) is 1.74. The van der Waals surface area contributed by atoms with E-state index in [9.17, 15) is 0 Å². The van der Waals surface area contributed by atoms with E-state index in [1.165, 1.54) is 5.57 Å². The molecule has 1 unspecified atom stereocenters. The third-order valence-corrected chi connectivity index (χ3v) is 2.35. The zero-order valence-corrected chi connectivity index (χ0v) is 11.4. The number of allylic oxidation sites excluding steroid dienone is 5. The van der Waals surface area contributed by atoms with E-state index in [0.717, 1.165) is 11.5 Å². The third-order valence-electron chi connectivity index (χ3n) is 2.23. The quantitative estimate of drug-likeness (QED) is 0.570. The first-order valence-electron chi connectivity index (χ1n) is 5.42. The van der Waals surface area contributed by atoms with Crippen molar-refractivity contribution in [2.24, 2.45) is 11.3 Å². The fourth-order valence-electron chi connectivity index (χ4n) is 1.68. The van der Waals surface area contributed by atoms with Gasteiger partial charge >= 0.3 is 0 Å². The molecule has 0 nitrogen and oxygen atoms in total. The molecule has 15 heavy (non-hydrogen) atoms. The highest BCUT2D eigenvalue weighted by Gasteiger charge is 2.16. The molecule has 0 fully saturated rings. The molecule has 86 valence electrons. The Morgan fingerprint density at radius 2 is 1.87 bits per heavy atom. The molecule has 0 bridgehead atoms. The minimum absolute atomic E-state index is 0.348. The van der Waals surface area contributed by atoms with Crippen LogP contribution in [0.5, 0.6) is 0 Å². The summed E-state index contributed by atoms with van der Waals surface area (Å²) in [4.78, 5) is 0. The second-order valence-electron chi connectivity index (χ2n) is 5.29. The van der Waals surface area contributed by atoms with Crippen LogP contribution in [0.3, 0.4) is 0 Å². The van der Waals surface area contributed by atoms with Crippen LogP contribution in [-0.2, 0) is 0 Å². The maximum atomic E-state index is 5.80. The summed E-state index contributed by atoms with van der Waals surface area (Å²) in [5.41, 5.74) is 1.60. The first kappa shape index (κ1) is 14.5. The maximum absolute atomic E-state index is 5.80. The van der Waals surface area contributed by atoms with Crippen LogP contribution in [-0.4, -0.2) is 0 Å². The minimum atomic E-state index is 0.348. The SMILES string of the molecule is C=C/C(=C\C=C(/C)Cl)C(C)CC(C)(C)C. The van der Waals surface area contributed by atoms with Crippen molar-refractivity contribution in [3.05, 3.63) is 35.4 Å². The Labute approximate surface area is 99.7 Å². The van der Waals surface area contributed by atoms with Crippen molar-refractivity contribution in [1.82, 2.24) is 0 Å². The summed E-state index contributed by atoms with van der Waals surface area (Å²) in [6.45, 7) is 14.7. The molecule has 0 aromatic carbocycles. The van der Waals surface area contributed by atoms with Gasteiger partial charge in [0.25, 0.3) is 0 Å². The monoisotopic (exact) mass is 226 g/mol. The second-order valence-corrected chi connectivity index (χ2v) is 5.89. The van der Waals surface area contributed by atoms with Crippen molar-refractivity contribution in [3.8, 4) is 0 Å². The normalized spacial score (nSPS) is 16.4. The molecule has 0 heterocycles. The molecular formula is C14H23Cl. The van der Waals surface area contributed by atoms with E-state index in [1.807, 2.05) is 19.1 Å². The predicted molar refractivity (Wildman–Crippen MR) is 71.1 cm³/mol. The molecule has 0 aromatic rings. The van der Waals surface area contributed by atoms with Crippen LogP contribution >= 0.6 is 11.6 Å². The number of rotatable bonds is 4. The summed E-state index contributed by atoms with van der Waals surface area (Å²) in [6.07, 6.45) is 7.07. The van der Waals surface area contributed by atoms with E-state index in [1.54, 1.807) is 0 Å². The lowest BCUT2D eigenvalue weighted by Gasteiger charge is -2.23. The summed E-state index contributed by atoms with van der Waals surface area (Å²) in [7, 11) is 0. The van der Waals surface area contributed by atoms with Gasteiger partial charge in [-0.1, -0.05) is 58.0 Å². The first-order chi connectivity index (χ1) is 6.76. The van der Waals surface area contributed by atoms with Gasteiger partial charge in [0.2, 0.25) is 0 Å². The van der Waals surface area contributed by atoms with Gasteiger partial charge in [0.05, 0.1) is 0 Å². The molecular weight excluding hydrogens is 204 g/mol. The van der Waals surface area contributed by atoms with Crippen LogP contribution in [0.15, 0.2) is 35.4 Å². The zero-order valence-electron chi connectivity index (χ0n) is 10.6. The van der Waals surface area contributed by atoms with Crippen LogP contribution in [0.25, 0.3) is 0 Å². The van der Waals surface area contributed by atoms with Gasteiger partial charge in [-0.3, -0.25) is 0 Å². The topological polar surface area (TPSA) is 0 Å². The van der Waals surface area contributed by atoms with Crippen molar-refractivity contribution in [1.29, 1.82) is 0 Å². The van der Waals surface area contributed by atoms with Crippen LogP contribution in [0.4, 0.5) is 0 Å². The molecule has 0 rings (SSSR count). The average Bonchev–Trinajstić information content (AvgIpc) is 2.01. The Hall–Kier alpha value is -0.490. The number of hydrogen-bond donors (Lipinski definition) is 0. The summed E-state index contributed by atoms with van der Waals surface area (Å²) in [5, 5.41) is 0.803. The van der Waals surface area contributed by atoms with Gasteiger partial charge in [0.1, 0.15) is 0 Å². The van der Waals surface area contributed by atoms with Gasteiger partial charge in [0.15, 0.2) is 0 Å². The highest BCUT2D eigenvalue weighted by molar-refractivity contribution is 6.29. The maximum Gasteiger partial charge on any atom is 0.0150 e. The van der Waals surface area contributed by atoms with E-state index >= 15 is 0 Å². The van der Waals surface area contributed by atoms with E-state index in [4.69, 9.17) is 11.6 Å². The summed E-state index contributed by atoms with van der Waals surface area (Å²) < 4.78 is 0. The Kier molecular flexibility index (Phi) is 5.97. The minimum Gasteiger partial charge on any atom is -0.0988 e. The van der Waals surface area contributed by atoms with Crippen molar-refractivity contribution in [3.63, 3.8) is 0 Å². The summed E-state index contributed by atoms with van der Waals surface area (Å²) in [6, 6.07) is 0. The molecule has 0 N–H and O–H groups in total. The van der Waals surface area contributed by atoms with E-state index in [2.05, 4.69) is 40.3 Å². The third kappa shape index (κ3) is 7.44. The van der Waals surface area contributed by atoms with Gasteiger partial charge < -0.3 is 0 Å². The lowest BCUT2D eigenvalue weighted by atomic mass is 9.82. The van der Waals surface area contributed by atoms with Crippen LogP contribution in [0.1, 0.15) is 41.0 Å². The van der Waals surface area contributed by atoms with Crippen LogP contribution in [0, 0.1) is 11.3 Å². The molecule has 0 saturated heterocycles. The molecule has 0 radical (unpaired) electrons. The smallest absolute Gasteiger partial charge is 0.0150 e. The van der Waals surface area contributed by atoms with Crippen LogP contribution < -0.4 is 0 Å². The molecule has 0 aliphatic heterocycles. The van der Waals surface area contributed by atoms with Gasteiger partial charge in [-0.2, -0.15) is 0 Å². The highest BCUT2D eigenvalue weighted by Crippen LogP contribution is 2.28. The van der Waals surface area contributed by atoms with Gasteiger partial charge in [-0.25, -0.2) is 0 Å². The van der Waals surface area contributed by atoms with E-state index < -0.39 is 0 Å². The molecule has 0 aliphatic carbocycles. The number of halogens is 1. The average molecular weight is 227 g/mol. The molecule has 1 heteroatoms. The molecule has 0 saturated carbocycles. The summed E-state index contributed by atoms with van der Waals surface area (Å²) >= 11 is 5.80. The van der Waals surface area contributed by atoms with Gasteiger partial charge in [0, 0.05) is 5.03 Å². The van der Waals surface area contributed by atoms with Crippen molar-refractivity contribution in [2.45, 2.75) is 41.0 Å². The lowest BCUT2D eigenvalue weighted by molar-refractivity contribution is 0.332. The van der Waals surface area contributed by atoms with Crippen LogP contribution in [0.2, 0.25) is 0 Å². The molecule has 0 aliphatic rings. The lowest BCUT2D eigenvalue weighted by Crippen LogP contribution is -2.11. The largest absolute Gasteiger partial charge is 0.0988 e. The molecule has 1 atom stereocenters. The Morgan fingerprint density at radius 3 is 2.20 bits per heavy atom. The first-order valence-corrected chi connectivity index (χ1v) is 5.80. The molecule has 0 spiro atoms. The van der Waals surface area contributed by atoms with Gasteiger partial charge in [-0.15, -0.1) is 0 Å². The highest BCUT2D eigenvalue weighted by atomic mass is 35.5. The van der Waals surface area contributed by atoms with E-state index in [0.29, 0.717) is 11.3 Å².